The molecule has 1 amide bonds. The largest absolute Gasteiger partial charge is 0.456 e. The number of aromatic nitrogens is 1. The number of ether oxygens (including phenoxy) is 1. The molecule has 1 saturated heterocycles. The van der Waals surface area contributed by atoms with Crippen molar-refractivity contribution in [1.82, 2.24) is 9.88 Å². The molecule has 0 aliphatic carbocycles. The van der Waals surface area contributed by atoms with Gasteiger partial charge in [-0.3, -0.25) is 9.78 Å². The van der Waals surface area contributed by atoms with Crippen LogP contribution in [-0.2, 0) is 0 Å². The molecule has 5 heteroatoms. The van der Waals surface area contributed by atoms with Crippen LogP contribution in [0.5, 0.6) is 11.5 Å². The lowest BCUT2D eigenvalue weighted by atomic mass is 10.1. The van der Waals surface area contributed by atoms with Crippen molar-refractivity contribution in [3.63, 3.8) is 0 Å². The summed E-state index contributed by atoms with van der Waals surface area (Å²) >= 11 is 0. The Morgan fingerprint density at radius 1 is 1.23 bits per heavy atom. The number of carbonyl (C=O) groups excluding carboxylic acids is 1. The van der Waals surface area contributed by atoms with E-state index < -0.39 is 6.10 Å². The summed E-state index contributed by atoms with van der Waals surface area (Å²) in [7, 11) is 0. The number of benzene rings is 1. The maximum absolute atomic E-state index is 12.4. The zero-order valence-corrected chi connectivity index (χ0v) is 12.2. The molecule has 2 heterocycles. The fourth-order valence-corrected chi connectivity index (χ4v) is 2.53. The Morgan fingerprint density at radius 2 is 2.05 bits per heavy atom. The predicted molar refractivity (Wildman–Crippen MR) is 81.9 cm³/mol. The number of aliphatic hydroxyl groups is 1. The van der Waals surface area contributed by atoms with Gasteiger partial charge in [0.05, 0.1) is 12.3 Å². The molecule has 1 aromatic heterocycles. The van der Waals surface area contributed by atoms with Crippen molar-refractivity contribution in [2.75, 3.05) is 13.1 Å². The fourth-order valence-electron chi connectivity index (χ4n) is 2.53. The minimum absolute atomic E-state index is 0.0494. The van der Waals surface area contributed by atoms with Gasteiger partial charge in [-0.2, -0.15) is 0 Å². The summed E-state index contributed by atoms with van der Waals surface area (Å²) in [5, 5.41) is 9.66. The second kappa shape index (κ2) is 6.58. The summed E-state index contributed by atoms with van der Waals surface area (Å²) in [6, 6.07) is 10.6. The van der Waals surface area contributed by atoms with Crippen LogP contribution in [0.2, 0.25) is 0 Å². The normalized spacial score (nSPS) is 18.0. The molecule has 1 aliphatic heterocycles. The van der Waals surface area contributed by atoms with Crippen molar-refractivity contribution in [3.8, 4) is 11.5 Å². The van der Waals surface area contributed by atoms with Crippen molar-refractivity contribution < 1.29 is 14.6 Å². The first kappa shape index (κ1) is 14.5. The molecule has 1 aromatic carbocycles. The number of hydrogen-bond donors (Lipinski definition) is 1. The molecule has 0 bridgehead atoms. The van der Waals surface area contributed by atoms with E-state index in [0.29, 0.717) is 30.2 Å². The number of carbonyl (C=O) groups is 1. The van der Waals surface area contributed by atoms with Gasteiger partial charge in [0.1, 0.15) is 11.5 Å². The molecule has 1 atom stereocenters. The zero-order chi connectivity index (χ0) is 15.4. The van der Waals surface area contributed by atoms with E-state index >= 15 is 0 Å². The highest BCUT2D eigenvalue weighted by molar-refractivity contribution is 5.94. The number of pyridine rings is 1. The van der Waals surface area contributed by atoms with Crippen molar-refractivity contribution in [3.05, 3.63) is 54.4 Å². The van der Waals surface area contributed by atoms with Gasteiger partial charge in [0.15, 0.2) is 0 Å². The van der Waals surface area contributed by atoms with Crippen molar-refractivity contribution in [1.29, 1.82) is 0 Å². The molecule has 0 saturated carbocycles. The molecule has 2 aromatic rings. The van der Waals surface area contributed by atoms with E-state index in [9.17, 15) is 9.90 Å². The molecule has 1 N–H and O–H groups in total. The van der Waals surface area contributed by atoms with Crippen LogP contribution in [0.4, 0.5) is 0 Å². The van der Waals surface area contributed by atoms with Gasteiger partial charge >= 0.3 is 0 Å². The van der Waals surface area contributed by atoms with Crippen LogP contribution < -0.4 is 4.74 Å². The third kappa shape index (κ3) is 3.43. The quantitative estimate of drug-likeness (QED) is 0.945. The van der Waals surface area contributed by atoms with Gasteiger partial charge in [0.2, 0.25) is 0 Å². The maximum Gasteiger partial charge on any atom is 0.253 e. The monoisotopic (exact) mass is 298 g/mol. The van der Waals surface area contributed by atoms with Crippen molar-refractivity contribution in [2.24, 2.45) is 0 Å². The molecule has 3 rings (SSSR count). The lowest BCUT2D eigenvalue weighted by Crippen LogP contribution is -2.42. The summed E-state index contributed by atoms with van der Waals surface area (Å²) in [4.78, 5) is 18.1. The Labute approximate surface area is 129 Å². The van der Waals surface area contributed by atoms with Gasteiger partial charge in [-0.05, 0) is 49.2 Å². The number of nitrogens with zero attached hydrogens (tertiary/aromatic N) is 2. The van der Waals surface area contributed by atoms with Crippen molar-refractivity contribution in [2.45, 2.75) is 18.9 Å². The number of hydrogen-bond acceptors (Lipinski definition) is 4. The minimum Gasteiger partial charge on any atom is -0.456 e. The van der Waals surface area contributed by atoms with E-state index in [1.54, 1.807) is 47.6 Å². The summed E-state index contributed by atoms with van der Waals surface area (Å²) in [6.07, 6.45) is 4.51. The number of likely N-dealkylation sites (tertiary alicyclic amines) is 1. The third-order valence-electron chi connectivity index (χ3n) is 3.66. The highest BCUT2D eigenvalue weighted by atomic mass is 16.5. The first-order valence-electron chi connectivity index (χ1n) is 7.37. The summed E-state index contributed by atoms with van der Waals surface area (Å²) < 4.78 is 5.65. The van der Waals surface area contributed by atoms with Crippen LogP contribution in [0.1, 0.15) is 23.2 Å². The van der Waals surface area contributed by atoms with Gasteiger partial charge in [-0.25, -0.2) is 0 Å². The highest BCUT2D eigenvalue weighted by Gasteiger charge is 2.22. The molecule has 5 nitrogen and oxygen atoms in total. The molecular weight excluding hydrogens is 280 g/mol. The number of piperidine rings is 1. The number of β-amino-alcohol motifs (C(OH)–C–C–N with tert-alkyl or cyclic N) is 1. The summed E-state index contributed by atoms with van der Waals surface area (Å²) in [5.74, 6) is 1.26. The Kier molecular flexibility index (Phi) is 4.34. The van der Waals surface area contributed by atoms with Crippen LogP contribution in [-0.4, -0.2) is 40.1 Å². The van der Waals surface area contributed by atoms with Crippen LogP contribution in [0, 0.1) is 0 Å². The van der Waals surface area contributed by atoms with Crippen LogP contribution in [0.15, 0.2) is 48.8 Å². The average Bonchev–Trinajstić information content (AvgIpc) is 2.56. The van der Waals surface area contributed by atoms with E-state index in [0.717, 1.165) is 12.8 Å². The molecule has 1 unspecified atom stereocenters. The third-order valence-corrected chi connectivity index (χ3v) is 3.66. The Balaban J connectivity index is 1.67. The van der Waals surface area contributed by atoms with E-state index in [-0.39, 0.29) is 5.91 Å². The van der Waals surface area contributed by atoms with E-state index in [1.807, 2.05) is 6.07 Å². The standard InChI is InChI=1S/C17H18N2O3/c20-14-3-2-10-19(12-14)17(21)13-5-7-15(8-6-13)22-16-4-1-9-18-11-16/h1,4-9,11,14,20H,2-3,10,12H2. The summed E-state index contributed by atoms with van der Waals surface area (Å²) in [6.45, 7) is 1.11. The van der Waals surface area contributed by atoms with Crippen LogP contribution in [0.25, 0.3) is 0 Å². The molecule has 0 spiro atoms. The minimum atomic E-state index is -0.411. The molecule has 22 heavy (non-hydrogen) atoms. The number of aliphatic hydroxyl groups excluding tert-OH is 1. The molecular formula is C17H18N2O3. The maximum atomic E-state index is 12.4. The Morgan fingerprint density at radius 3 is 2.73 bits per heavy atom. The molecule has 0 radical (unpaired) electrons. The van der Waals surface area contributed by atoms with Gasteiger partial charge < -0.3 is 14.7 Å². The SMILES string of the molecule is O=C(c1ccc(Oc2cccnc2)cc1)N1CCCC(O)C1. The first-order chi connectivity index (χ1) is 10.7. The number of amides is 1. The number of rotatable bonds is 3. The first-order valence-corrected chi connectivity index (χ1v) is 7.37. The zero-order valence-electron chi connectivity index (χ0n) is 12.2. The second-order valence-corrected chi connectivity index (χ2v) is 5.36. The van der Waals surface area contributed by atoms with Gasteiger partial charge in [0.25, 0.3) is 5.91 Å². The topological polar surface area (TPSA) is 62.7 Å². The molecule has 1 fully saturated rings. The fraction of sp³-hybridized carbons (Fsp3) is 0.294. The van der Waals surface area contributed by atoms with Gasteiger partial charge in [-0.15, -0.1) is 0 Å². The summed E-state index contributed by atoms with van der Waals surface area (Å²) in [5.41, 5.74) is 0.604. The Bertz CT molecular complexity index is 628. The smallest absolute Gasteiger partial charge is 0.253 e. The van der Waals surface area contributed by atoms with Crippen molar-refractivity contribution >= 4 is 5.91 Å². The van der Waals surface area contributed by atoms with Gasteiger partial charge in [0, 0.05) is 24.8 Å². The molecule has 1 aliphatic rings. The predicted octanol–water partition coefficient (Wildman–Crippen LogP) is 2.47. The van der Waals surface area contributed by atoms with E-state index in [1.165, 1.54) is 0 Å². The Hall–Kier alpha value is -2.40. The van der Waals surface area contributed by atoms with Crippen LogP contribution >= 0.6 is 0 Å². The highest BCUT2D eigenvalue weighted by Crippen LogP contribution is 2.21. The van der Waals surface area contributed by atoms with E-state index in [2.05, 4.69) is 4.98 Å². The second-order valence-electron chi connectivity index (χ2n) is 5.36. The van der Waals surface area contributed by atoms with Gasteiger partial charge in [-0.1, -0.05) is 0 Å². The molecule has 114 valence electrons. The van der Waals surface area contributed by atoms with Crippen LogP contribution in [0.3, 0.4) is 0 Å². The lowest BCUT2D eigenvalue weighted by molar-refractivity contribution is 0.0474. The average molecular weight is 298 g/mol. The van der Waals surface area contributed by atoms with E-state index in [4.69, 9.17) is 4.74 Å². The lowest BCUT2D eigenvalue weighted by Gasteiger charge is -2.30.